The van der Waals surface area contributed by atoms with E-state index in [1.54, 1.807) is 24.5 Å². The first-order chi connectivity index (χ1) is 13.6. The molecular formula is C19H18ClN5O3. The first kappa shape index (κ1) is 19.4. The molecule has 2 N–H and O–H groups in total. The third kappa shape index (κ3) is 4.66. The zero-order chi connectivity index (χ0) is 19.9. The van der Waals surface area contributed by atoms with Crippen LogP contribution in [0.25, 0.3) is 0 Å². The predicted molar refractivity (Wildman–Crippen MR) is 105 cm³/mol. The van der Waals surface area contributed by atoms with Crippen LogP contribution in [-0.2, 0) is 6.54 Å². The number of carbonyl (C=O) groups is 1. The number of rotatable bonds is 7. The summed E-state index contributed by atoms with van der Waals surface area (Å²) in [6, 6.07) is 6.97. The normalized spacial score (nSPS) is 10.2. The molecule has 0 saturated heterocycles. The molecule has 0 radical (unpaired) electrons. The van der Waals surface area contributed by atoms with Crippen molar-refractivity contribution in [1.82, 2.24) is 20.3 Å². The molecule has 3 rings (SSSR count). The molecule has 0 saturated carbocycles. The summed E-state index contributed by atoms with van der Waals surface area (Å²) in [5.74, 6) is 1.02. The van der Waals surface area contributed by atoms with Gasteiger partial charge in [0, 0.05) is 43.5 Å². The number of carbonyl (C=O) groups excluding carboxylic acids is 1. The lowest BCUT2D eigenvalue weighted by Gasteiger charge is -2.13. The summed E-state index contributed by atoms with van der Waals surface area (Å²) in [4.78, 5) is 24.5. The molecule has 0 unspecified atom stereocenters. The van der Waals surface area contributed by atoms with Crippen LogP contribution in [0.5, 0.6) is 11.5 Å². The van der Waals surface area contributed by atoms with Gasteiger partial charge in [0.05, 0.1) is 30.5 Å². The fraction of sp³-hybridized carbons (Fsp3) is 0.158. The molecule has 2 heterocycles. The van der Waals surface area contributed by atoms with E-state index in [-0.39, 0.29) is 5.91 Å². The van der Waals surface area contributed by atoms with Gasteiger partial charge in [-0.15, -0.1) is 0 Å². The van der Waals surface area contributed by atoms with Gasteiger partial charge in [-0.05, 0) is 17.7 Å². The minimum Gasteiger partial charge on any atom is -0.495 e. The van der Waals surface area contributed by atoms with E-state index in [4.69, 9.17) is 21.1 Å². The van der Waals surface area contributed by atoms with Gasteiger partial charge in [0.25, 0.3) is 5.91 Å². The Morgan fingerprint density at radius 1 is 1.07 bits per heavy atom. The summed E-state index contributed by atoms with van der Waals surface area (Å²) in [5, 5.41) is 6.25. The Kier molecular flexibility index (Phi) is 6.23. The van der Waals surface area contributed by atoms with Gasteiger partial charge in [-0.3, -0.25) is 9.78 Å². The molecule has 0 aliphatic heterocycles. The maximum Gasteiger partial charge on any atom is 0.254 e. The van der Waals surface area contributed by atoms with E-state index in [0.717, 1.165) is 5.56 Å². The van der Waals surface area contributed by atoms with Crippen LogP contribution < -0.4 is 20.1 Å². The summed E-state index contributed by atoms with van der Waals surface area (Å²) in [5.41, 5.74) is 1.88. The molecular weight excluding hydrogens is 382 g/mol. The molecule has 0 fully saturated rings. The lowest BCUT2D eigenvalue weighted by molar-refractivity contribution is 0.0950. The van der Waals surface area contributed by atoms with Crippen LogP contribution in [0, 0.1) is 0 Å². The van der Waals surface area contributed by atoms with Crippen LogP contribution >= 0.6 is 11.6 Å². The van der Waals surface area contributed by atoms with E-state index in [9.17, 15) is 4.79 Å². The lowest BCUT2D eigenvalue weighted by atomic mass is 10.2. The van der Waals surface area contributed by atoms with Gasteiger partial charge in [0.1, 0.15) is 11.5 Å². The number of pyridine rings is 1. The maximum absolute atomic E-state index is 12.2. The predicted octanol–water partition coefficient (Wildman–Crippen LogP) is 3.22. The van der Waals surface area contributed by atoms with Gasteiger partial charge < -0.3 is 20.1 Å². The number of anilines is 2. The molecule has 0 spiro atoms. The van der Waals surface area contributed by atoms with E-state index in [0.29, 0.717) is 40.3 Å². The Labute approximate surface area is 166 Å². The van der Waals surface area contributed by atoms with Crippen molar-refractivity contribution in [1.29, 1.82) is 0 Å². The minimum atomic E-state index is -0.269. The van der Waals surface area contributed by atoms with Crippen LogP contribution in [0.2, 0.25) is 5.02 Å². The van der Waals surface area contributed by atoms with Crippen molar-refractivity contribution in [3.8, 4) is 11.5 Å². The van der Waals surface area contributed by atoms with Crippen molar-refractivity contribution in [2.24, 2.45) is 0 Å². The highest BCUT2D eigenvalue weighted by Crippen LogP contribution is 2.36. The Morgan fingerprint density at radius 3 is 2.39 bits per heavy atom. The van der Waals surface area contributed by atoms with Crippen LogP contribution in [0.15, 0.2) is 49.1 Å². The third-order valence-electron chi connectivity index (χ3n) is 3.84. The van der Waals surface area contributed by atoms with Gasteiger partial charge in [0.15, 0.2) is 0 Å². The molecule has 144 valence electrons. The Morgan fingerprint density at radius 2 is 1.75 bits per heavy atom. The van der Waals surface area contributed by atoms with Crippen molar-refractivity contribution in [2.75, 3.05) is 19.5 Å². The quantitative estimate of drug-likeness (QED) is 0.629. The van der Waals surface area contributed by atoms with E-state index >= 15 is 0 Å². The average Bonchev–Trinajstić information content (AvgIpc) is 2.74. The Bertz CT molecular complexity index is 952. The van der Waals surface area contributed by atoms with Gasteiger partial charge in [-0.25, -0.2) is 9.97 Å². The lowest BCUT2D eigenvalue weighted by Crippen LogP contribution is -2.23. The number of hydrogen-bond acceptors (Lipinski definition) is 7. The zero-order valence-electron chi connectivity index (χ0n) is 15.3. The van der Waals surface area contributed by atoms with Crippen molar-refractivity contribution in [2.45, 2.75) is 6.54 Å². The Balaban J connectivity index is 1.68. The summed E-state index contributed by atoms with van der Waals surface area (Å²) in [7, 11) is 3.05. The van der Waals surface area contributed by atoms with E-state index in [1.165, 1.54) is 26.6 Å². The standard InChI is InChI=1S/C19H18ClN5O3/c1-27-16-8-15(17(28-2)7-14(16)20)25-19-23-10-13(11-24-19)18(26)22-9-12-3-5-21-6-4-12/h3-8,10-11H,9H2,1-2H3,(H,22,26)(H,23,24,25). The molecule has 3 aromatic rings. The molecule has 0 atom stereocenters. The number of nitrogens with one attached hydrogen (secondary N) is 2. The van der Waals surface area contributed by atoms with E-state index < -0.39 is 0 Å². The van der Waals surface area contributed by atoms with Crippen molar-refractivity contribution in [3.63, 3.8) is 0 Å². The van der Waals surface area contributed by atoms with Crippen molar-refractivity contribution < 1.29 is 14.3 Å². The highest BCUT2D eigenvalue weighted by molar-refractivity contribution is 6.32. The van der Waals surface area contributed by atoms with Gasteiger partial charge >= 0.3 is 0 Å². The first-order valence-electron chi connectivity index (χ1n) is 8.28. The molecule has 2 aromatic heterocycles. The molecule has 9 heteroatoms. The average molecular weight is 400 g/mol. The summed E-state index contributed by atoms with van der Waals surface area (Å²) < 4.78 is 10.5. The third-order valence-corrected chi connectivity index (χ3v) is 4.13. The molecule has 1 aromatic carbocycles. The number of amides is 1. The summed E-state index contributed by atoms with van der Waals surface area (Å²) in [6.07, 6.45) is 6.23. The second-order valence-electron chi connectivity index (χ2n) is 5.65. The number of hydrogen-bond donors (Lipinski definition) is 2. The van der Waals surface area contributed by atoms with Crippen LogP contribution in [0.1, 0.15) is 15.9 Å². The van der Waals surface area contributed by atoms with Gasteiger partial charge in [0.2, 0.25) is 5.95 Å². The summed E-state index contributed by atoms with van der Waals surface area (Å²) in [6.45, 7) is 0.392. The minimum absolute atomic E-state index is 0.269. The topological polar surface area (TPSA) is 98.3 Å². The second-order valence-corrected chi connectivity index (χ2v) is 6.05. The molecule has 28 heavy (non-hydrogen) atoms. The second kappa shape index (κ2) is 9.01. The highest BCUT2D eigenvalue weighted by Gasteiger charge is 2.12. The van der Waals surface area contributed by atoms with Gasteiger partial charge in [-0.1, -0.05) is 11.6 Å². The van der Waals surface area contributed by atoms with Crippen LogP contribution in [-0.4, -0.2) is 35.1 Å². The molecule has 0 aliphatic carbocycles. The van der Waals surface area contributed by atoms with Crippen molar-refractivity contribution in [3.05, 3.63) is 65.2 Å². The van der Waals surface area contributed by atoms with Crippen molar-refractivity contribution >= 4 is 29.1 Å². The van der Waals surface area contributed by atoms with E-state index in [1.807, 2.05) is 12.1 Å². The Hall–Kier alpha value is -3.39. The number of methoxy groups -OCH3 is 2. The van der Waals surface area contributed by atoms with Crippen LogP contribution in [0.4, 0.5) is 11.6 Å². The summed E-state index contributed by atoms with van der Waals surface area (Å²) >= 11 is 6.10. The zero-order valence-corrected chi connectivity index (χ0v) is 16.0. The smallest absolute Gasteiger partial charge is 0.254 e. The molecule has 8 nitrogen and oxygen atoms in total. The maximum atomic E-state index is 12.2. The molecule has 0 aliphatic rings. The largest absolute Gasteiger partial charge is 0.495 e. The number of aromatic nitrogens is 3. The molecule has 0 bridgehead atoms. The SMILES string of the molecule is COc1cc(Nc2ncc(C(=O)NCc3ccncc3)cn2)c(OC)cc1Cl. The number of ether oxygens (including phenoxy) is 2. The highest BCUT2D eigenvalue weighted by atomic mass is 35.5. The number of nitrogens with zero attached hydrogens (tertiary/aromatic N) is 3. The van der Waals surface area contributed by atoms with E-state index in [2.05, 4.69) is 25.6 Å². The fourth-order valence-electron chi connectivity index (χ4n) is 2.37. The monoisotopic (exact) mass is 399 g/mol. The number of benzene rings is 1. The molecule has 1 amide bonds. The number of halogens is 1. The van der Waals surface area contributed by atoms with Crippen LogP contribution in [0.3, 0.4) is 0 Å². The fourth-order valence-corrected chi connectivity index (χ4v) is 2.60. The van der Waals surface area contributed by atoms with Gasteiger partial charge in [-0.2, -0.15) is 0 Å². The first-order valence-corrected chi connectivity index (χ1v) is 8.66.